The zero-order valence-corrected chi connectivity index (χ0v) is 16.3. The van der Waals surface area contributed by atoms with Crippen LogP contribution in [0.5, 0.6) is 5.75 Å². The number of ether oxygens (including phenoxy) is 1. The van der Waals surface area contributed by atoms with Crippen LogP contribution >= 0.6 is 0 Å². The van der Waals surface area contributed by atoms with Crippen LogP contribution in [0.1, 0.15) is 50.5 Å². The number of nitrogens with zero attached hydrogens (tertiary/aromatic N) is 1. The van der Waals surface area contributed by atoms with E-state index in [1.54, 1.807) is 12.0 Å². The van der Waals surface area contributed by atoms with Crippen molar-refractivity contribution in [1.82, 2.24) is 10.2 Å². The van der Waals surface area contributed by atoms with E-state index in [-0.39, 0.29) is 18.2 Å². The summed E-state index contributed by atoms with van der Waals surface area (Å²) in [5, 5.41) is 12.5. The highest BCUT2D eigenvalue weighted by Gasteiger charge is 2.43. The molecule has 0 aromatic heterocycles. The van der Waals surface area contributed by atoms with Crippen LogP contribution < -0.4 is 10.1 Å². The highest BCUT2D eigenvalue weighted by molar-refractivity contribution is 5.92. The van der Waals surface area contributed by atoms with Crippen molar-refractivity contribution in [2.24, 2.45) is 5.92 Å². The average molecular weight is 388 g/mol. The van der Waals surface area contributed by atoms with Gasteiger partial charge in [0.05, 0.1) is 13.0 Å². The predicted molar refractivity (Wildman–Crippen MR) is 103 cm³/mol. The SMILES string of the molecule is COc1ccc(CN2CC(C(=O)NC3(C(=O)O)CCCCCC3)CC2=O)cc1. The number of hydrogen-bond donors (Lipinski definition) is 2. The van der Waals surface area contributed by atoms with Crippen molar-refractivity contribution in [2.45, 2.75) is 57.0 Å². The van der Waals surface area contributed by atoms with Gasteiger partial charge in [0.1, 0.15) is 11.3 Å². The summed E-state index contributed by atoms with van der Waals surface area (Å²) in [5.41, 5.74) is -0.235. The van der Waals surface area contributed by atoms with Crippen LogP contribution in [-0.2, 0) is 20.9 Å². The number of carbonyl (C=O) groups excluding carboxylic acids is 2. The van der Waals surface area contributed by atoms with E-state index < -0.39 is 17.4 Å². The lowest BCUT2D eigenvalue weighted by molar-refractivity contribution is -0.149. The number of carboxylic acids is 1. The molecular weight excluding hydrogens is 360 g/mol. The number of hydrogen-bond acceptors (Lipinski definition) is 4. The van der Waals surface area contributed by atoms with Gasteiger partial charge in [0, 0.05) is 19.5 Å². The van der Waals surface area contributed by atoms with Gasteiger partial charge in [-0.3, -0.25) is 9.59 Å². The fourth-order valence-electron chi connectivity index (χ4n) is 4.11. The van der Waals surface area contributed by atoms with Gasteiger partial charge in [0.2, 0.25) is 11.8 Å². The smallest absolute Gasteiger partial charge is 0.329 e. The Hall–Kier alpha value is -2.57. The standard InChI is InChI=1S/C21H28N2O5/c1-28-17-8-6-15(7-9-17)13-23-14-16(12-18(23)24)19(25)22-21(20(26)27)10-4-2-3-5-11-21/h6-9,16H,2-5,10-14H2,1H3,(H,22,25)(H,26,27). The minimum atomic E-state index is -1.19. The highest BCUT2D eigenvalue weighted by Crippen LogP contribution is 2.29. The molecule has 1 saturated heterocycles. The van der Waals surface area contributed by atoms with Crippen molar-refractivity contribution in [2.75, 3.05) is 13.7 Å². The highest BCUT2D eigenvalue weighted by atomic mass is 16.5. The number of carbonyl (C=O) groups is 3. The van der Waals surface area contributed by atoms with E-state index in [4.69, 9.17) is 4.74 Å². The normalized spacial score (nSPS) is 21.8. The third-order valence-electron chi connectivity index (χ3n) is 5.85. The summed E-state index contributed by atoms with van der Waals surface area (Å²) < 4.78 is 5.14. The van der Waals surface area contributed by atoms with Crippen molar-refractivity contribution >= 4 is 17.8 Å². The zero-order chi connectivity index (χ0) is 20.1. The first kappa shape index (κ1) is 20.2. The number of benzene rings is 1. The monoisotopic (exact) mass is 388 g/mol. The lowest BCUT2D eigenvalue weighted by Crippen LogP contribution is -2.55. The van der Waals surface area contributed by atoms with Gasteiger partial charge >= 0.3 is 5.97 Å². The molecule has 1 unspecified atom stereocenters. The quantitative estimate of drug-likeness (QED) is 0.729. The first-order valence-electron chi connectivity index (χ1n) is 9.90. The van der Waals surface area contributed by atoms with Crippen LogP contribution in [0.15, 0.2) is 24.3 Å². The molecule has 0 bridgehead atoms. The molecule has 2 aliphatic rings. The molecule has 1 atom stereocenters. The van der Waals surface area contributed by atoms with Gasteiger partial charge in [-0.15, -0.1) is 0 Å². The third kappa shape index (κ3) is 4.46. The van der Waals surface area contributed by atoms with E-state index in [0.717, 1.165) is 37.0 Å². The summed E-state index contributed by atoms with van der Waals surface area (Å²) in [6.07, 6.45) is 4.58. The maximum absolute atomic E-state index is 12.8. The number of nitrogens with one attached hydrogen (secondary N) is 1. The van der Waals surface area contributed by atoms with Crippen LogP contribution in [0, 0.1) is 5.92 Å². The molecule has 1 heterocycles. The number of rotatable bonds is 6. The van der Waals surface area contributed by atoms with Crippen LogP contribution in [-0.4, -0.2) is 47.0 Å². The molecule has 1 aliphatic carbocycles. The van der Waals surface area contributed by atoms with Crippen LogP contribution in [0.3, 0.4) is 0 Å². The molecule has 3 rings (SSSR count). The molecule has 2 amide bonds. The van der Waals surface area contributed by atoms with Crippen molar-refractivity contribution in [3.63, 3.8) is 0 Å². The Labute approximate surface area is 165 Å². The zero-order valence-electron chi connectivity index (χ0n) is 16.3. The fraction of sp³-hybridized carbons (Fsp3) is 0.571. The molecule has 7 heteroatoms. The first-order valence-corrected chi connectivity index (χ1v) is 9.90. The maximum atomic E-state index is 12.8. The van der Waals surface area contributed by atoms with Gasteiger partial charge in [0.25, 0.3) is 0 Å². The molecule has 2 fully saturated rings. The van der Waals surface area contributed by atoms with Gasteiger partial charge < -0.3 is 20.1 Å². The average Bonchev–Trinajstić information content (AvgIpc) is 2.89. The maximum Gasteiger partial charge on any atom is 0.329 e. The number of aliphatic carboxylic acids is 1. The third-order valence-corrected chi connectivity index (χ3v) is 5.85. The minimum Gasteiger partial charge on any atom is -0.497 e. The van der Waals surface area contributed by atoms with Gasteiger partial charge in [0.15, 0.2) is 0 Å². The molecular formula is C21H28N2O5. The van der Waals surface area contributed by atoms with E-state index in [1.165, 1.54) is 0 Å². The first-order chi connectivity index (χ1) is 13.4. The van der Waals surface area contributed by atoms with Crippen molar-refractivity contribution in [3.05, 3.63) is 29.8 Å². The predicted octanol–water partition coefficient (Wildman–Crippen LogP) is 2.34. The summed E-state index contributed by atoms with van der Waals surface area (Å²) >= 11 is 0. The number of methoxy groups -OCH3 is 1. The summed E-state index contributed by atoms with van der Waals surface area (Å²) in [5.74, 6) is -1.14. The Kier molecular flexibility index (Phi) is 6.21. The Balaban J connectivity index is 1.63. The van der Waals surface area contributed by atoms with Gasteiger partial charge in [-0.25, -0.2) is 4.79 Å². The molecule has 1 saturated carbocycles. The van der Waals surface area contributed by atoms with E-state index in [2.05, 4.69) is 5.32 Å². The molecule has 28 heavy (non-hydrogen) atoms. The van der Waals surface area contributed by atoms with Crippen LogP contribution in [0.25, 0.3) is 0 Å². The molecule has 152 valence electrons. The lowest BCUT2D eigenvalue weighted by atomic mass is 9.89. The molecule has 1 aliphatic heterocycles. The van der Waals surface area contributed by atoms with Crippen LogP contribution in [0.4, 0.5) is 0 Å². The minimum absolute atomic E-state index is 0.0822. The number of likely N-dealkylation sites (tertiary alicyclic amines) is 1. The topological polar surface area (TPSA) is 95.9 Å². The number of amides is 2. The Morgan fingerprint density at radius 1 is 1.18 bits per heavy atom. The van der Waals surface area contributed by atoms with Crippen molar-refractivity contribution in [1.29, 1.82) is 0 Å². The lowest BCUT2D eigenvalue weighted by Gasteiger charge is -2.30. The molecule has 0 spiro atoms. The van der Waals surface area contributed by atoms with Crippen molar-refractivity contribution in [3.8, 4) is 5.75 Å². The largest absolute Gasteiger partial charge is 0.497 e. The van der Waals surface area contributed by atoms with E-state index in [9.17, 15) is 19.5 Å². The Bertz CT molecular complexity index is 723. The summed E-state index contributed by atoms with van der Waals surface area (Å²) in [7, 11) is 1.60. The van der Waals surface area contributed by atoms with Gasteiger partial charge in [-0.2, -0.15) is 0 Å². The summed E-state index contributed by atoms with van der Waals surface area (Å²) in [6, 6.07) is 7.46. The fourth-order valence-corrected chi connectivity index (χ4v) is 4.11. The number of carboxylic acid groups (broad SMARTS) is 1. The van der Waals surface area contributed by atoms with Crippen LogP contribution in [0.2, 0.25) is 0 Å². The Morgan fingerprint density at radius 2 is 1.82 bits per heavy atom. The molecule has 0 radical (unpaired) electrons. The molecule has 7 nitrogen and oxygen atoms in total. The van der Waals surface area contributed by atoms with Gasteiger partial charge in [-0.05, 0) is 30.5 Å². The summed E-state index contributed by atoms with van der Waals surface area (Å²) in [4.78, 5) is 38.7. The molecule has 2 N–H and O–H groups in total. The Morgan fingerprint density at radius 3 is 2.39 bits per heavy atom. The second kappa shape index (κ2) is 8.63. The summed E-state index contributed by atoms with van der Waals surface area (Å²) in [6.45, 7) is 0.739. The second-order valence-electron chi connectivity index (χ2n) is 7.81. The molecule has 1 aromatic carbocycles. The second-order valence-corrected chi connectivity index (χ2v) is 7.81. The van der Waals surface area contributed by atoms with E-state index in [0.29, 0.717) is 25.9 Å². The van der Waals surface area contributed by atoms with Gasteiger partial charge in [-0.1, -0.05) is 37.8 Å². The molecule has 1 aromatic rings. The van der Waals surface area contributed by atoms with E-state index in [1.807, 2.05) is 24.3 Å². The van der Waals surface area contributed by atoms with Crippen molar-refractivity contribution < 1.29 is 24.2 Å². The van der Waals surface area contributed by atoms with E-state index >= 15 is 0 Å².